The predicted octanol–water partition coefficient (Wildman–Crippen LogP) is 5.18. The maximum absolute atomic E-state index is 9.97. The molecule has 4 heteroatoms. The molecule has 0 spiro atoms. The van der Waals surface area contributed by atoms with Gasteiger partial charge in [-0.1, -0.05) is 41.4 Å². The van der Waals surface area contributed by atoms with E-state index in [1.807, 2.05) is 26.0 Å². The van der Waals surface area contributed by atoms with Crippen molar-refractivity contribution in [3.63, 3.8) is 0 Å². The summed E-state index contributed by atoms with van der Waals surface area (Å²) >= 11 is 12.2. The summed E-state index contributed by atoms with van der Waals surface area (Å²) in [4.78, 5) is 0. The minimum Gasteiger partial charge on any atom is -0.508 e. The van der Waals surface area contributed by atoms with Gasteiger partial charge in [0, 0.05) is 5.56 Å². The van der Waals surface area contributed by atoms with Crippen molar-refractivity contribution in [2.24, 2.45) is 0 Å². The van der Waals surface area contributed by atoms with Crippen molar-refractivity contribution in [2.75, 3.05) is 5.32 Å². The molecule has 2 N–H and O–H groups in total. The van der Waals surface area contributed by atoms with Gasteiger partial charge in [-0.15, -0.1) is 0 Å². The smallest absolute Gasteiger partial charge is 0.121 e. The van der Waals surface area contributed by atoms with Gasteiger partial charge in [0.15, 0.2) is 0 Å². The van der Waals surface area contributed by atoms with Gasteiger partial charge in [-0.3, -0.25) is 0 Å². The van der Waals surface area contributed by atoms with Crippen LogP contribution in [0, 0.1) is 6.92 Å². The van der Waals surface area contributed by atoms with Crippen LogP contribution in [0.25, 0.3) is 0 Å². The number of aryl methyl sites for hydroxylation is 1. The van der Waals surface area contributed by atoms with E-state index in [1.165, 1.54) is 0 Å². The van der Waals surface area contributed by atoms with Gasteiger partial charge in [0.2, 0.25) is 0 Å². The summed E-state index contributed by atoms with van der Waals surface area (Å²) in [5.74, 6) is 0.267. The Bertz CT molecular complexity index is 578. The lowest BCUT2D eigenvalue weighted by atomic mass is 10.0. The van der Waals surface area contributed by atoms with Crippen LogP contribution in [0.4, 0.5) is 5.69 Å². The van der Waals surface area contributed by atoms with Gasteiger partial charge in [-0.05, 0) is 37.6 Å². The van der Waals surface area contributed by atoms with E-state index in [2.05, 4.69) is 5.32 Å². The maximum atomic E-state index is 9.97. The first-order valence-corrected chi connectivity index (χ1v) is 6.74. The third-order valence-electron chi connectivity index (χ3n) is 2.98. The zero-order valence-corrected chi connectivity index (χ0v) is 12.3. The van der Waals surface area contributed by atoms with E-state index in [0.29, 0.717) is 15.7 Å². The first kappa shape index (κ1) is 14.0. The average molecular weight is 296 g/mol. The number of hydrogen-bond acceptors (Lipinski definition) is 2. The molecule has 0 heterocycles. The highest BCUT2D eigenvalue weighted by Crippen LogP contribution is 2.34. The monoisotopic (exact) mass is 295 g/mol. The van der Waals surface area contributed by atoms with Crippen molar-refractivity contribution in [1.82, 2.24) is 0 Å². The molecule has 0 radical (unpaired) electrons. The van der Waals surface area contributed by atoms with Crippen LogP contribution in [-0.4, -0.2) is 5.11 Å². The van der Waals surface area contributed by atoms with Crippen LogP contribution in [-0.2, 0) is 0 Å². The summed E-state index contributed by atoms with van der Waals surface area (Å²) in [6, 6.07) is 10.8. The SMILES string of the molecule is Cc1ccc(C(C)Nc2c(Cl)cccc2Cl)c(O)c1. The number of benzene rings is 2. The van der Waals surface area contributed by atoms with Gasteiger partial charge in [-0.2, -0.15) is 0 Å². The second-order valence-electron chi connectivity index (χ2n) is 4.52. The standard InChI is InChI=1S/C15H15Cl2NO/c1-9-6-7-11(14(19)8-9)10(2)18-15-12(16)4-3-5-13(15)17/h3-8,10,18-19H,1-2H3. The lowest BCUT2D eigenvalue weighted by Crippen LogP contribution is -2.07. The Morgan fingerprint density at radius 2 is 1.74 bits per heavy atom. The fourth-order valence-electron chi connectivity index (χ4n) is 1.95. The van der Waals surface area contributed by atoms with Gasteiger partial charge in [0.25, 0.3) is 0 Å². The number of para-hydroxylation sites is 1. The number of anilines is 1. The number of rotatable bonds is 3. The van der Waals surface area contributed by atoms with E-state index in [9.17, 15) is 5.11 Å². The van der Waals surface area contributed by atoms with Crippen molar-refractivity contribution < 1.29 is 5.11 Å². The molecule has 0 bridgehead atoms. The second kappa shape index (κ2) is 5.72. The highest BCUT2D eigenvalue weighted by molar-refractivity contribution is 6.39. The molecule has 2 aromatic rings. The molecular weight excluding hydrogens is 281 g/mol. The minimum absolute atomic E-state index is 0.0991. The van der Waals surface area contributed by atoms with Crippen molar-refractivity contribution in [3.8, 4) is 5.75 Å². The summed E-state index contributed by atoms with van der Waals surface area (Å²) in [7, 11) is 0. The summed E-state index contributed by atoms with van der Waals surface area (Å²) < 4.78 is 0. The molecule has 2 nitrogen and oxygen atoms in total. The first-order valence-electron chi connectivity index (χ1n) is 5.99. The Morgan fingerprint density at radius 3 is 2.32 bits per heavy atom. The highest BCUT2D eigenvalue weighted by atomic mass is 35.5. The van der Waals surface area contributed by atoms with Crippen LogP contribution >= 0.6 is 23.2 Å². The van der Waals surface area contributed by atoms with Crippen molar-refractivity contribution in [3.05, 3.63) is 57.6 Å². The molecular formula is C15H15Cl2NO. The number of phenols is 1. The average Bonchev–Trinajstić information content (AvgIpc) is 2.33. The van der Waals surface area contributed by atoms with E-state index >= 15 is 0 Å². The summed E-state index contributed by atoms with van der Waals surface area (Å²) in [5.41, 5.74) is 2.50. The van der Waals surface area contributed by atoms with Crippen molar-refractivity contribution >= 4 is 28.9 Å². The number of phenolic OH excluding ortho intramolecular Hbond substituents is 1. The van der Waals surface area contributed by atoms with Crippen LogP contribution in [0.5, 0.6) is 5.75 Å². The van der Waals surface area contributed by atoms with E-state index in [1.54, 1.807) is 24.3 Å². The molecule has 0 aromatic heterocycles. The molecule has 0 fully saturated rings. The van der Waals surface area contributed by atoms with Gasteiger partial charge < -0.3 is 10.4 Å². The topological polar surface area (TPSA) is 32.3 Å². The van der Waals surface area contributed by atoms with Gasteiger partial charge in [-0.25, -0.2) is 0 Å². The highest BCUT2D eigenvalue weighted by Gasteiger charge is 2.13. The van der Waals surface area contributed by atoms with E-state index in [-0.39, 0.29) is 11.8 Å². The zero-order chi connectivity index (χ0) is 14.0. The largest absolute Gasteiger partial charge is 0.508 e. The molecule has 1 atom stereocenters. The third kappa shape index (κ3) is 3.14. The molecule has 1 unspecified atom stereocenters. The summed E-state index contributed by atoms with van der Waals surface area (Å²) in [6.07, 6.45) is 0. The van der Waals surface area contributed by atoms with Gasteiger partial charge in [0.1, 0.15) is 5.75 Å². The molecule has 0 amide bonds. The second-order valence-corrected chi connectivity index (χ2v) is 5.34. The Morgan fingerprint density at radius 1 is 1.11 bits per heavy atom. The van der Waals surface area contributed by atoms with Gasteiger partial charge >= 0.3 is 0 Å². The van der Waals surface area contributed by atoms with E-state index < -0.39 is 0 Å². The molecule has 0 aliphatic heterocycles. The molecule has 19 heavy (non-hydrogen) atoms. The molecule has 0 aliphatic carbocycles. The van der Waals surface area contributed by atoms with E-state index in [0.717, 1.165) is 11.1 Å². The Labute approximate surface area is 123 Å². The number of hydrogen-bond donors (Lipinski definition) is 2. The minimum atomic E-state index is -0.0991. The van der Waals surface area contributed by atoms with Crippen molar-refractivity contribution in [2.45, 2.75) is 19.9 Å². The zero-order valence-electron chi connectivity index (χ0n) is 10.7. The molecule has 0 saturated carbocycles. The van der Waals surface area contributed by atoms with Crippen LogP contribution < -0.4 is 5.32 Å². The molecule has 0 aliphatic rings. The van der Waals surface area contributed by atoms with Gasteiger partial charge in [0.05, 0.1) is 21.8 Å². The predicted molar refractivity (Wildman–Crippen MR) is 81.3 cm³/mol. The van der Waals surface area contributed by atoms with Crippen LogP contribution in [0.2, 0.25) is 10.0 Å². The fourth-order valence-corrected chi connectivity index (χ4v) is 2.46. The van der Waals surface area contributed by atoms with Crippen molar-refractivity contribution in [1.29, 1.82) is 0 Å². The molecule has 0 saturated heterocycles. The third-order valence-corrected chi connectivity index (χ3v) is 3.61. The molecule has 100 valence electrons. The summed E-state index contributed by atoms with van der Waals surface area (Å²) in [6.45, 7) is 3.89. The lowest BCUT2D eigenvalue weighted by molar-refractivity contribution is 0.465. The summed E-state index contributed by atoms with van der Waals surface area (Å²) in [5, 5.41) is 14.3. The number of nitrogens with one attached hydrogen (secondary N) is 1. The van der Waals surface area contributed by atoms with E-state index in [4.69, 9.17) is 23.2 Å². The maximum Gasteiger partial charge on any atom is 0.121 e. The Balaban J connectivity index is 2.28. The number of aromatic hydroxyl groups is 1. The Kier molecular flexibility index (Phi) is 4.23. The Hall–Kier alpha value is -1.38. The normalized spacial score (nSPS) is 12.2. The number of halogens is 2. The van der Waals surface area contributed by atoms with Crippen LogP contribution in [0.1, 0.15) is 24.1 Å². The quantitative estimate of drug-likeness (QED) is 0.818. The lowest BCUT2D eigenvalue weighted by Gasteiger charge is -2.19. The fraction of sp³-hybridized carbons (Fsp3) is 0.200. The van der Waals surface area contributed by atoms with Crippen LogP contribution in [0.3, 0.4) is 0 Å². The molecule has 2 aromatic carbocycles. The molecule has 2 rings (SSSR count). The van der Waals surface area contributed by atoms with Crippen LogP contribution in [0.15, 0.2) is 36.4 Å². The first-order chi connectivity index (χ1) is 8.99.